The molecule has 0 aliphatic heterocycles. The number of amides is 1. The van der Waals surface area contributed by atoms with Crippen LogP contribution in [0.25, 0.3) is 11.5 Å². The molecule has 2 bridgehead atoms. The van der Waals surface area contributed by atoms with Crippen LogP contribution >= 0.6 is 0 Å². The van der Waals surface area contributed by atoms with E-state index >= 15 is 0 Å². The van der Waals surface area contributed by atoms with E-state index in [4.69, 9.17) is 13.9 Å². The van der Waals surface area contributed by atoms with E-state index in [0.29, 0.717) is 29.3 Å². The molecule has 0 radical (unpaired) electrons. The van der Waals surface area contributed by atoms with Gasteiger partial charge in [-0.15, -0.1) is 0 Å². The van der Waals surface area contributed by atoms with Gasteiger partial charge in [-0.1, -0.05) is 17.0 Å². The van der Waals surface area contributed by atoms with Gasteiger partial charge in [0.2, 0.25) is 11.8 Å². The first-order chi connectivity index (χ1) is 18.8. The van der Waals surface area contributed by atoms with E-state index in [9.17, 15) is 18.0 Å². The third-order valence-electron chi connectivity index (χ3n) is 9.01. The van der Waals surface area contributed by atoms with Crippen molar-refractivity contribution in [2.24, 2.45) is 5.41 Å². The Labute approximate surface area is 222 Å². The zero-order valence-electron chi connectivity index (χ0n) is 21.3. The summed E-state index contributed by atoms with van der Waals surface area (Å²) in [7, 11) is 0. The number of alkyl halides is 2. The van der Waals surface area contributed by atoms with Crippen LogP contribution in [-0.2, 0) is 10.2 Å². The fraction of sp³-hybridized carbons (Fsp3) is 0.483. The molecule has 8 rings (SSSR count). The maximum absolute atomic E-state index is 13.6. The number of halogens is 3. The van der Waals surface area contributed by atoms with Gasteiger partial charge in [-0.05, 0) is 75.0 Å². The van der Waals surface area contributed by atoms with Crippen molar-refractivity contribution in [1.82, 2.24) is 15.1 Å². The molecule has 0 unspecified atom stereocenters. The van der Waals surface area contributed by atoms with Crippen LogP contribution in [0.3, 0.4) is 0 Å². The summed E-state index contributed by atoms with van der Waals surface area (Å²) in [4.78, 5) is 23.9. The van der Waals surface area contributed by atoms with E-state index in [1.165, 1.54) is 0 Å². The highest BCUT2D eigenvalue weighted by molar-refractivity contribution is 6.07. The number of oxazole rings is 1. The van der Waals surface area contributed by atoms with Crippen molar-refractivity contribution in [2.45, 2.75) is 75.5 Å². The third kappa shape index (κ3) is 4.31. The summed E-state index contributed by atoms with van der Waals surface area (Å²) < 4.78 is 50.7. The zero-order valence-corrected chi connectivity index (χ0v) is 21.3. The van der Waals surface area contributed by atoms with E-state index in [1.807, 2.05) is 0 Å². The van der Waals surface area contributed by atoms with E-state index in [2.05, 4.69) is 15.9 Å². The summed E-state index contributed by atoms with van der Waals surface area (Å²) >= 11 is 0. The lowest BCUT2D eigenvalue weighted by molar-refractivity contribution is -0.116. The lowest BCUT2D eigenvalue weighted by atomic mass is 9.53. The summed E-state index contributed by atoms with van der Waals surface area (Å²) in [5, 5.41) is 4.24. The number of nitrogens with zero attached hydrogens (tertiary/aromatic N) is 4. The molecular formula is C29H27F3N4O3. The number of carbonyl (C=O) groups excluding carboxylic acids is 1. The monoisotopic (exact) mass is 536 g/mol. The Bertz CT molecular complexity index is 1490. The number of hydrogen-bond donors (Lipinski definition) is 0. The predicted molar refractivity (Wildman–Crippen MR) is 134 cm³/mol. The number of carbonyl (C=O) groups is 1. The molecule has 4 saturated carbocycles. The first-order valence-electron chi connectivity index (χ1n) is 13.5. The van der Waals surface area contributed by atoms with Crippen LogP contribution in [0, 0.1) is 5.41 Å². The number of rotatable bonds is 8. The lowest BCUT2D eigenvalue weighted by Crippen LogP contribution is -2.51. The van der Waals surface area contributed by atoms with Crippen LogP contribution in [0.2, 0.25) is 0 Å². The van der Waals surface area contributed by atoms with Gasteiger partial charge in [-0.2, -0.15) is 4.98 Å². The second kappa shape index (κ2) is 8.95. The highest BCUT2D eigenvalue weighted by Gasteiger charge is 2.53. The minimum atomic E-state index is -2.74. The number of anilines is 1. The Balaban J connectivity index is 1.16. The fourth-order valence-corrected chi connectivity index (χ4v) is 6.31. The van der Waals surface area contributed by atoms with Gasteiger partial charge < -0.3 is 13.8 Å². The van der Waals surface area contributed by atoms with E-state index in [1.54, 1.807) is 29.2 Å². The van der Waals surface area contributed by atoms with Crippen LogP contribution in [0.4, 0.5) is 18.9 Å². The minimum Gasteiger partial charge on any atom is -0.444 e. The van der Waals surface area contributed by atoms with Crippen molar-refractivity contribution in [3.8, 4) is 11.5 Å². The maximum Gasteiger partial charge on any atom is 0.283 e. The molecule has 3 aromatic rings. The molecule has 7 nitrogen and oxygen atoms in total. The topological polar surface area (TPSA) is 85.3 Å². The molecule has 0 N–H and O–H groups in total. The summed E-state index contributed by atoms with van der Waals surface area (Å²) in [6.45, 7) is 0.461. The average molecular weight is 537 g/mol. The largest absolute Gasteiger partial charge is 0.444 e. The summed E-state index contributed by atoms with van der Waals surface area (Å²) in [5.74, 6) is 1.36. The van der Waals surface area contributed by atoms with Crippen LogP contribution in [0.1, 0.15) is 87.5 Å². The normalized spacial score (nSPS) is 25.8. The van der Waals surface area contributed by atoms with Crippen molar-refractivity contribution in [1.29, 1.82) is 0 Å². The maximum atomic E-state index is 13.6. The SMILES string of the molecule is O=C(C1=C=C(F)C1)N(CC12CCC(c3nc(C4CC4)no3)(CC1)CC2)c1cccc(-c2nc(C(F)F)co2)c1. The van der Waals surface area contributed by atoms with Gasteiger partial charge in [0.25, 0.3) is 12.3 Å². The summed E-state index contributed by atoms with van der Waals surface area (Å²) in [5.41, 5.74) is 3.21. The van der Waals surface area contributed by atoms with Crippen LogP contribution in [-0.4, -0.2) is 27.6 Å². The van der Waals surface area contributed by atoms with E-state index in [-0.39, 0.29) is 29.0 Å². The van der Waals surface area contributed by atoms with Gasteiger partial charge in [0, 0.05) is 35.5 Å². The molecule has 0 saturated heterocycles. The Morgan fingerprint density at radius 1 is 1.13 bits per heavy atom. The Kier molecular flexibility index (Phi) is 5.60. The van der Waals surface area contributed by atoms with Crippen molar-refractivity contribution in [2.75, 3.05) is 11.4 Å². The van der Waals surface area contributed by atoms with Gasteiger partial charge in [0.15, 0.2) is 5.82 Å². The molecule has 0 atom stereocenters. The molecule has 2 aromatic heterocycles. The molecule has 202 valence electrons. The molecule has 2 heterocycles. The van der Waals surface area contributed by atoms with Crippen LogP contribution in [0.15, 0.2) is 56.6 Å². The molecule has 10 heteroatoms. The third-order valence-corrected chi connectivity index (χ3v) is 9.01. The standard InChI is InChI=1S/C29H27F3N4O3/c30-20-12-19(13-20)26(37)36(21-3-1-2-18(14-21)25-33-22(15-38-25)23(31)32)16-28-6-9-29(10-7-28,11-8-28)27-34-24(35-39-27)17-4-5-17/h1-3,14-15,17,23H,4-12,16H2. The Morgan fingerprint density at radius 3 is 2.51 bits per heavy atom. The van der Waals surface area contributed by atoms with Gasteiger partial charge in [-0.25, -0.2) is 18.2 Å². The molecule has 5 aliphatic carbocycles. The Morgan fingerprint density at radius 2 is 1.87 bits per heavy atom. The second-order valence-corrected chi connectivity index (χ2v) is 11.5. The molecule has 4 fully saturated rings. The summed E-state index contributed by atoms with van der Waals surface area (Å²) in [6.07, 6.45) is 5.83. The number of aromatic nitrogens is 3. The van der Waals surface area contributed by atoms with Gasteiger partial charge in [0.1, 0.15) is 17.8 Å². The molecule has 5 aliphatic rings. The molecule has 1 amide bonds. The lowest BCUT2D eigenvalue weighted by Gasteiger charge is -2.53. The van der Waals surface area contributed by atoms with E-state index in [0.717, 1.165) is 69.3 Å². The van der Waals surface area contributed by atoms with Gasteiger partial charge in [-0.3, -0.25) is 4.79 Å². The van der Waals surface area contributed by atoms with Gasteiger partial charge in [0.05, 0.1) is 5.57 Å². The number of fused-ring (bicyclic) bond motifs is 3. The van der Waals surface area contributed by atoms with Crippen molar-refractivity contribution in [3.05, 3.63) is 65.1 Å². The predicted octanol–water partition coefficient (Wildman–Crippen LogP) is 6.95. The number of hydrogen-bond acceptors (Lipinski definition) is 6. The highest BCUT2D eigenvalue weighted by atomic mass is 19.3. The smallest absolute Gasteiger partial charge is 0.283 e. The van der Waals surface area contributed by atoms with E-state index < -0.39 is 17.9 Å². The van der Waals surface area contributed by atoms with Crippen molar-refractivity contribution >= 4 is 11.6 Å². The van der Waals surface area contributed by atoms with Crippen molar-refractivity contribution in [3.63, 3.8) is 0 Å². The first kappa shape index (κ1) is 24.4. The Hall–Kier alpha value is -3.65. The van der Waals surface area contributed by atoms with Crippen LogP contribution in [0.5, 0.6) is 0 Å². The zero-order chi connectivity index (χ0) is 26.8. The molecule has 39 heavy (non-hydrogen) atoms. The molecule has 1 aromatic carbocycles. The average Bonchev–Trinajstić information content (AvgIpc) is 3.44. The number of benzene rings is 1. The second-order valence-electron chi connectivity index (χ2n) is 11.5. The highest BCUT2D eigenvalue weighted by Crippen LogP contribution is 2.58. The van der Waals surface area contributed by atoms with Gasteiger partial charge >= 0.3 is 0 Å². The first-order valence-corrected chi connectivity index (χ1v) is 13.5. The fourth-order valence-electron chi connectivity index (χ4n) is 6.31. The molecular weight excluding hydrogens is 509 g/mol. The minimum absolute atomic E-state index is 0.0386. The van der Waals surface area contributed by atoms with Crippen LogP contribution < -0.4 is 4.90 Å². The quantitative estimate of drug-likeness (QED) is 0.290. The molecule has 0 spiro atoms. The van der Waals surface area contributed by atoms with Crippen molar-refractivity contribution < 1.29 is 26.9 Å². The summed E-state index contributed by atoms with van der Waals surface area (Å²) in [6, 6.07) is 6.94.